The highest BCUT2D eigenvalue weighted by atomic mass is 35.5. The molecule has 2 rings (SSSR count). The number of hydrogen-bond donors (Lipinski definition) is 1. The molecule has 2 heterocycles. The Hall–Kier alpha value is -2.07. The van der Waals surface area contributed by atoms with Gasteiger partial charge in [-0.1, -0.05) is 25.4 Å². The Morgan fingerprint density at radius 3 is 2.52 bits per heavy atom. The molecule has 0 aromatic carbocycles. The van der Waals surface area contributed by atoms with E-state index in [1.807, 2.05) is 0 Å². The molecular weight excluding hydrogens is 416 g/mol. The number of nitrogens with one attached hydrogen (secondary N) is 1. The molecule has 0 unspecified atom stereocenters. The van der Waals surface area contributed by atoms with Gasteiger partial charge in [-0.25, -0.2) is 17.6 Å². The van der Waals surface area contributed by atoms with E-state index in [0.717, 1.165) is 26.1 Å². The molecule has 0 bridgehead atoms. The van der Waals surface area contributed by atoms with E-state index in [9.17, 15) is 22.4 Å². The van der Waals surface area contributed by atoms with Gasteiger partial charge in [-0.2, -0.15) is 5.10 Å². The first-order valence-corrected chi connectivity index (χ1v) is 9.57. The predicted octanol–water partition coefficient (Wildman–Crippen LogP) is 4.51. The van der Waals surface area contributed by atoms with Crippen LogP contribution in [0.2, 0.25) is 5.02 Å². The van der Waals surface area contributed by atoms with Crippen molar-refractivity contribution in [3.05, 3.63) is 40.1 Å². The summed E-state index contributed by atoms with van der Waals surface area (Å²) in [5.41, 5.74) is -1.74. The molecule has 0 saturated carbocycles. The summed E-state index contributed by atoms with van der Waals surface area (Å²) in [5, 5.41) is 5.41. The molecule has 6 nitrogen and oxygen atoms in total. The van der Waals surface area contributed by atoms with Crippen LogP contribution in [0.1, 0.15) is 60.8 Å². The van der Waals surface area contributed by atoms with E-state index < -0.39 is 35.2 Å². The predicted molar refractivity (Wildman–Crippen MR) is 99.7 cm³/mol. The smallest absolute Gasteiger partial charge is 0.286 e. The van der Waals surface area contributed by atoms with Crippen LogP contribution in [0.15, 0.2) is 16.5 Å². The molecular formula is C18H23ClF4N4O2. The van der Waals surface area contributed by atoms with Gasteiger partial charge in [0, 0.05) is 6.54 Å². The van der Waals surface area contributed by atoms with Crippen LogP contribution in [0.25, 0.3) is 0 Å². The number of carbonyl (C=O) groups is 1. The lowest BCUT2D eigenvalue weighted by Gasteiger charge is -2.17. The molecule has 0 atom stereocenters. The zero-order chi connectivity index (χ0) is 21.6. The highest BCUT2D eigenvalue weighted by Crippen LogP contribution is 2.35. The summed E-state index contributed by atoms with van der Waals surface area (Å²) in [6, 6.07) is 2.79. The van der Waals surface area contributed by atoms with E-state index in [2.05, 4.69) is 29.2 Å². The van der Waals surface area contributed by atoms with Crippen molar-refractivity contribution in [3.8, 4) is 0 Å². The van der Waals surface area contributed by atoms with Crippen molar-refractivity contribution in [1.29, 1.82) is 0 Å². The van der Waals surface area contributed by atoms with E-state index in [4.69, 9.17) is 16.0 Å². The molecule has 0 aliphatic rings. The van der Waals surface area contributed by atoms with Crippen molar-refractivity contribution in [2.24, 2.45) is 0 Å². The van der Waals surface area contributed by atoms with Crippen molar-refractivity contribution in [1.82, 2.24) is 20.0 Å². The lowest BCUT2D eigenvalue weighted by atomic mass is 10.3. The molecule has 0 aliphatic heterocycles. The van der Waals surface area contributed by atoms with Gasteiger partial charge in [0.1, 0.15) is 17.1 Å². The summed E-state index contributed by atoms with van der Waals surface area (Å²) in [6.07, 6.45) is -5.41. The molecule has 0 saturated heterocycles. The molecule has 29 heavy (non-hydrogen) atoms. The first-order chi connectivity index (χ1) is 13.8. The van der Waals surface area contributed by atoms with Crippen molar-refractivity contribution >= 4 is 17.5 Å². The second-order valence-corrected chi connectivity index (χ2v) is 6.62. The molecule has 11 heteroatoms. The fourth-order valence-electron chi connectivity index (χ4n) is 2.80. The molecule has 0 fully saturated rings. The average molecular weight is 439 g/mol. The van der Waals surface area contributed by atoms with Crippen molar-refractivity contribution < 1.29 is 26.8 Å². The highest BCUT2D eigenvalue weighted by Gasteiger charge is 2.28. The summed E-state index contributed by atoms with van der Waals surface area (Å²) in [6.45, 7) is 6.91. The normalized spacial score (nSPS) is 11.8. The molecule has 1 amide bonds. The van der Waals surface area contributed by atoms with E-state index in [-0.39, 0.29) is 18.1 Å². The largest absolute Gasteiger partial charge is 0.454 e. The fraction of sp³-hybridized carbons (Fsp3) is 0.556. The topological polar surface area (TPSA) is 63.3 Å². The van der Waals surface area contributed by atoms with Crippen molar-refractivity contribution in [2.75, 3.05) is 26.2 Å². The summed E-state index contributed by atoms with van der Waals surface area (Å²) in [5.74, 6) is -0.342. The number of carbonyl (C=O) groups excluding carboxylic acids is 1. The van der Waals surface area contributed by atoms with Gasteiger partial charge in [0.05, 0.1) is 11.6 Å². The Bertz CT molecular complexity index is 806. The van der Waals surface area contributed by atoms with Crippen LogP contribution in [0.5, 0.6) is 0 Å². The Balaban J connectivity index is 2.00. The van der Waals surface area contributed by atoms with Gasteiger partial charge in [0.15, 0.2) is 5.76 Å². The Labute approximate surface area is 170 Å². The number of amides is 1. The van der Waals surface area contributed by atoms with Gasteiger partial charge in [0.25, 0.3) is 18.8 Å². The van der Waals surface area contributed by atoms with Gasteiger partial charge in [-0.3, -0.25) is 9.48 Å². The zero-order valence-corrected chi connectivity index (χ0v) is 16.9. The van der Waals surface area contributed by atoms with Gasteiger partial charge in [-0.05, 0) is 38.2 Å². The fourth-order valence-corrected chi connectivity index (χ4v) is 3.11. The second-order valence-electron chi connectivity index (χ2n) is 6.25. The Kier molecular flexibility index (Phi) is 8.51. The van der Waals surface area contributed by atoms with E-state index in [1.54, 1.807) is 0 Å². The second kappa shape index (κ2) is 10.6. The minimum atomic E-state index is -3.09. The van der Waals surface area contributed by atoms with Crippen LogP contribution in [0.4, 0.5) is 17.6 Å². The summed E-state index contributed by atoms with van der Waals surface area (Å²) in [4.78, 5) is 14.4. The van der Waals surface area contributed by atoms with E-state index >= 15 is 0 Å². The number of halogens is 5. The van der Waals surface area contributed by atoms with Crippen molar-refractivity contribution in [2.45, 2.75) is 39.7 Å². The quantitative estimate of drug-likeness (QED) is 0.414. The molecule has 0 aliphatic carbocycles. The summed E-state index contributed by atoms with van der Waals surface area (Å²) < 4.78 is 58.2. The number of rotatable bonds is 11. The maximum atomic E-state index is 13.2. The van der Waals surface area contributed by atoms with E-state index in [0.29, 0.717) is 11.2 Å². The molecule has 1 N–H and O–H groups in total. The third-order valence-electron chi connectivity index (χ3n) is 4.39. The summed E-state index contributed by atoms with van der Waals surface area (Å²) in [7, 11) is 0. The highest BCUT2D eigenvalue weighted by molar-refractivity contribution is 6.32. The number of aromatic nitrogens is 2. The van der Waals surface area contributed by atoms with Gasteiger partial charge < -0.3 is 14.6 Å². The molecule has 162 valence electrons. The van der Waals surface area contributed by atoms with E-state index in [1.165, 1.54) is 12.1 Å². The van der Waals surface area contributed by atoms with Crippen LogP contribution in [-0.4, -0.2) is 46.8 Å². The minimum absolute atomic E-state index is 0.00577. The standard InChI is InChI=1S/C18H23ClF4N4O2/c1-3-26(4-2)9-5-8-24-18(28)12-7-6-11(29-12)10-27-15(17(22)23)13(19)14(25-27)16(20)21/h6-7,16-17H,3-5,8-10H2,1-2H3,(H,24,28). The van der Waals surface area contributed by atoms with Crippen LogP contribution < -0.4 is 5.32 Å². The zero-order valence-electron chi connectivity index (χ0n) is 16.1. The Morgan fingerprint density at radius 2 is 1.93 bits per heavy atom. The molecule has 0 spiro atoms. The maximum absolute atomic E-state index is 13.2. The molecule has 2 aromatic rings. The average Bonchev–Trinajstić information content (AvgIpc) is 3.26. The lowest BCUT2D eigenvalue weighted by Crippen LogP contribution is -2.29. The number of furan rings is 1. The van der Waals surface area contributed by atoms with Crippen LogP contribution in [0.3, 0.4) is 0 Å². The molecule has 2 aromatic heterocycles. The van der Waals surface area contributed by atoms with Gasteiger partial charge in [0.2, 0.25) is 0 Å². The lowest BCUT2D eigenvalue weighted by molar-refractivity contribution is 0.0921. The van der Waals surface area contributed by atoms with Crippen LogP contribution >= 0.6 is 11.6 Å². The first-order valence-electron chi connectivity index (χ1n) is 9.20. The van der Waals surface area contributed by atoms with Crippen LogP contribution in [0, 0.1) is 0 Å². The monoisotopic (exact) mass is 438 g/mol. The number of nitrogens with zero attached hydrogens (tertiary/aromatic N) is 3. The first kappa shape index (κ1) is 23.2. The van der Waals surface area contributed by atoms with Gasteiger partial charge >= 0.3 is 0 Å². The number of alkyl halides is 4. The molecule has 0 radical (unpaired) electrons. The third kappa shape index (κ3) is 5.96. The Morgan fingerprint density at radius 1 is 1.24 bits per heavy atom. The third-order valence-corrected chi connectivity index (χ3v) is 4.78. The number of hydrogen-bond acceptors (Lipinski definition) is 4. The van der Waals surface area contributed by atoms with Crippen LogP contribution in [-0.2, 0) is 6.54 Å². The summed E-state index contributed by atoms with van der Waals surface area (Å²) >= 11 is 5.61. The SMILES string of the molecule is CCN(CC)CCCNC(=O)c1ccc(Cn2nc(C(F)F)c(Cl)c2C(F)F)o1. The minimum Gasteiger partial charge on any atom is -0.454 e. The van der Waals surface area contributed by atoms with Gasteiger partial charge in [-0.15, -0.1) is 0 Å². The van der Waals surface area contributed by atoms with Crippen molar-refractivity contribution in [3.63, 3.8) is 0 Å². The maximum Gasteiger partial charge on any atom is 0.286 e.